The third-order valence-corrected chi connectivity index (χ3v) is 5.57. The summed E-state index contributed by atoms with van der Waals surface area (Å²) >= 11 is 0. The number of anilines is 1. The molecule has 0 saturated carbocycles. The lowest BCUT2D eigenvalue weighted by atomic mass is 10.1. The maximum Gasteiger partial charge on any atom is 0.261 e. The standard InChI is InChI=1S/C20H28N4O3/c1-26-12-10-24-15-21-19-13-16(4-5-18(19)20(24)25)23-8-6-22(7-9-23)14-17-3-2-11-27-17/h4-5,13,15,17H,2-3,6-12,14H2,1H3. The van der Waals surface area contributed by atoms with Crippen molar-refractivity contribution in [3.63, 3.8) is 0 Å². The second kappa shape index (κ2) is 8.37. The molecule has 3 heterocycles. The number of hydrogen-bond donors (Lipinski definition) is 0. The maximum atomic E-state index is 12.6. The van der Waals surface area contributed by atoms with Crippen LogP contribution < -0.4 is 10.5 Å². The van der Waals surface area contributed by atoms with Crippen LogP contribution >= 0.6 is 0 Å². The van der Waals surface area contributed by atoms with Crippen molar-refractivity contribution < 1.29 is 9.47 Å². The molecular formula is C20H28N4O3. The van der Waals surface area contributed by atoms with Crippen molar-refractivity contribution in [1.82, 2.24) is 14.5 Å². The molecule has 1 unspecified atom stereocenters. The Bertz CT molecular complexity index is 824. The summed E-state index contributed by atoms with van der Waals surface area (Å²) in [5, 5.41) is 0.661. The molecule has 7 heteroatoms. The maximum absolute atomic E-state index is 12.6. The fraction of sp³-hybridized carbons (Fsp3) is 0.600. The molecule has 0 spiro atoms. The largest absolute Gasteiger partial charge is 0.383 e. The molecule has 4 rings (SSSR count). The van der Waals surface area contributed by atoms with Crippen LogP contribution in [0.2, 0.25) is 0 Å². The van der Waals surface area contributed by atoms with Crippen molar-refractivity contribution in [2.24, 2.45) is 0 Å². The van der Waals surface area contributed by atoms with Gasteiger partial charge in [0.25, 0.3) is 5.56 Å². The zero-order valence-electron chi connectivity index (χ0n) is 16.0. The first-order chi connectivity index (χ1) is 13.2. The van der Waals surface area contributed by atoms with Crippen LogP contribution in [-0.2, 0) is 16.0 Å². The van der Waals surface area contributed by atoms with Crippen molar-refractivity contribution >= 4 is 16.6 Å². The number of ether oxygens (including phenoxy) is 2. The summed E-state index contributed by atoms with van der Waals surface area (Å²) in [4.78, 5) is 21.9. The van der Waals surface area contributed by atoms with Gasteiger partial charge in [-0.2, -0.15) is 0 Å². The minimum atomic E-state index is -0.00928. The minimum Gasteiger partial charge on any atom is -0.383 e. The minimum absolute atomic E-state index is 0.00928. The second-order valence-corrected chi connectivity index (χ2v) is 7.36. The number of nitrogens with zero attached hydrogens (tertiary/aromatic N) is 4. The highest BCUT2D eigenvalue weighted by atomic mass is 16.5. The van der Waals surface area contributed by atoms with E-state index in [0.717, 1.165) is 50.5 Å². The molecule has 2 aromatic rings. The highest BCUT2D eigenvalue weighted by Gasteiger charge is 2.23. The molecule has 7 nitrogen and oxygen atoms in total. The number of aromatic nitrogens is 2. The van der Waals surface area contributed by atoms with Gasteiger partial charge in [0, 0.05) is 52.1 Å². The number of benzene rings is 1. The molecule has 2 aliphatic heterocycles. The van der Waals surface area contributed by atoms with E-state index in [1.165, 1.54) is 12.8 Å². The van der Waals surface area contributed by atoms with Crippen LogP contribution in [0.25, 0.3) is 10.9 Å². The van der Waals surface area contributed by atoms with Gasteiger partial charge >= 0.3 is 0 Å². The van der Waals surface area contributed by atoms with Gasteiger partial charge in [0.05, 0.1) is 36.5 Å². The van der Waals surface area contributed by atoms with Gasteiger partial charge in [0.2, 0.25) is 0 Å². The van der Waals surface area contributed by atoms with E-state index in [4.69, 9.17) is 9.47 Å². The van der Waals surface area contributed by atoms with Crippen LogP contribution in [0.5, 0.6) is 0 Å². The van der Waals surface area contributed by atoms with Gasteiger partial charge in [-0.25, -0.2) is 4.98 Å². The van der Waals surface area contributed by atoms with Crippen LogP contribution in [0.1, 0.15) is 12.8 Å². The van der Waals surface area contributed by atoms with E-state index in [2.05, 4.69) is 14.8 Å². The summed E-state index contributed by atoms with van der Waals surface area (Å²) in [6.45, 7) is 7.06. The first-order valence-electron chi connectivity index (χ1n) is 9.81. The molecule has 146 valence electrons. The highest BCUT2D eigenvalue weighted by molar-refractivity contribution is 5.81. The third kappa shape index (κ3) is 4.15. The van der Waals surface area contributed by atoms with E-state index in [-0.39, 0.29) is 5.56 Å². The molecule has 0 amide bonds. The average molecular weight is 372 g/mol. The van der Waals surface area contributed by atoms with E-state index >= 15 is 0 Å². The normalized spacial score (nSPS) is 21.2. The van der Waals surface area contributed by atoms with Gasteiger partial charge in [0.1, 0.15) is 0 Å². The number of methoxy groups -OCH3 is 1. The smallest absolute Gasteiger partial charge is 0.261 e. The Morgan fingerprint density at radius 2 is 2.11 bits per heavy atom. The summed E-state index contributed by atoms with van der Waals surface area (Å²) in [5.74, 6) is 0. The molecule has 1 atom stereocenters. The Morgan fingerprint density at radius 3 is 2.85 bits per heavy atom. The van der Waals surface area contributed by atoms with Gasteiger partial charge in [-0.1, -0.05) is 0 Å². The zero-order chi connectivity index (χ0) is 18.6. The van der Waals surface area contributed by atoms with E-state index in [1.807, 2.05) is 18.2 Å². The summed E-state index contributed by atoms with van der Waals surface area (Å²) in [6.07, 6.45) is 4.43. The Hall–Kier alpha value is -1.96. The topological polar surface area (TPSA) is 59.8 Å². The lowest BCUT2D eigenvalue weighted by Crippen LogP contribution is -2.48. The van der Waals surface area contributed by atoms with Gasteiger partial charge in [-0.3, -0.25) is 14.3 Å². The zero-order valence-corrected chi connectivity index (χ0v) is 16.0. The molecular weight excluding hydrogens is 344 g/mol. The number of piperazine rings is 1. The number of rotatable bonds is 6. The van der Waals surface area contributed by atoms with E-state index < -0.39 is 0 Å². The average Bonchev–Trinajstić information content (AvgIpc) is 3.21. The Balaban J connectivity index is 1.42. The molecule has 0 N–H and O–H groups in total. The monoisotopic (exact) mass is 372 g/mol. The van der Waals surface area contributed by atoms with Crippen LogP contribution in [0.3, 0.4) is 0 Å². The van der Waals surface area contributed by atoms with Gasteiger partial charge in [0.15, 0.2) is 0 Å². The van der Waals surface area contributed by atoms with Gasteiger partial charge in [-0.15, -0.1) is 0 Å². The van der Waals surface area contributed by atoms with E-state index in [9.17, 15) is 4.79 Å². The lowest BCUT2D eigenvalue weighted by molar-refractivity contribution is 0.0713. The molecule has 0 bridgehead atoms. The quantitative estimate of drug-likeness (QED) is 0.763. The Morgan fingerprint density at radius 1 is 1.26 bits per heavy atom. The van der Waals surface area contributed by atoms with Gasteiger partial charge in [-0.05, 0) is 31.0 Å². The summed E-state index contributed by atoms with van der Waals surface area (Å²) in [6, 6.07) is 5.98. The van der Waals surface area contributed by atoms with Crippen LogP contribution in [0.15, 0.2) is 29.3 Å². The van der Waals surface area contributed by atoms with Crippen molar-refractivity contribution in [1.29, 1.82) is 0 Å². The molecule has 1 aromatic heterocycles. The number of hydrogen-bond acceptors (Lipinski definition) is 6. The molecule has 0 aliphatic carbocycles. The molecule has 2 fully saturated rings. The summed E-state index contributed by atoms with van der Waals surface area (Å²) in [7, 11) is 1.63. The fourth-order valence-electron chi connectivity index (χ4n) is 3.96. The van der Waals surface area contributed by atoms with Gasteiger partial charge < -0.3 is 14.4 Å². The third-order valence-electron chi connectivity index (χ3n) is 5.57. The predicted molar refractivity (Wildman–Crippen MR) is 106 cm³/mol. The SMILES string of the molecule is COCCn1cnc2cc(N3CCN(CC4CCCO4)CC3)ccc2c1=O. The van der Waals surface area contributed by atoms with E-state index in [0.29, 0.717) is 24.6 Å². The summed E-state index contributed by atoms with van der Waals surface area (Å²) in [5.41, 5.74) is 1.89. The molecule has 2 saturated heterocycles. The van der Waals surface area contributed by atoms with Crippen molar-refractivity contribution in [2.75, 3.05) is 57.9 Å². The van der Waals surface area contributed by atoms with Crippen LogP contribution in [0, 0.1) is 0 Å². The van der Waals surface area contributed by atoms with Crippen molar-refractivity contribution in [2.45, 2.75) is 25.5 Å². The first-order valence-corrected chi connectivity index (χ1v) is 9.81. The molecule has 1 aromatic carbocycles. The highest BCUT2D eigenvalue weighted by Crippen LogP contribution is 2.21. The fourth-order valence-corrected chi connectivity index (χ4v) is 3.96. The van der Waals surface area contributed by atoms with Crippen LogP contribution in [0.4, 0.5) is 5.69 Å². The summed E-state index contributed by atoms with van der Waals surface area (Å²) < 4.78 is 12.4. The predicted octanol–water partition coefficient (Wildman–Crippen LogP) is 1.34. The molecule has 0 radical (unpaired) electrons. The van der Waals surface area contributed by atoms with Crippen LogP contribution in [-0.4, -0.2) is 73.6 Å². The Kier molecular flexibility index (Phi) is 5.71. The molecule has 27 heavy (non-hydrogen) atoms. The lowest BCUT2D eigenvalue weighted by Gasteiger charge is -2.37. The first kappa shape index (κ1) is 18.4. The van der Waals surface area contributed by atoms with Crippen molar-refractivity contribution in [3.8, 4) is 0 Å². The number of fused-ring (bicyclic) bond motifs is 1. The molecule has 2 aliphatic rings. The van der Waals surface area contributed by atoms with E-state index in [1.54, 1.807) is 18.0 Å². The van der Waals surface area contributed by atoms with Crippen molar-refractivity contribution in [3.05, 3.63) is 34.9 Å². The Labute approximate surface area is 159 Å². The second-order valence-electron chi connectivity index (χ2n) is 7.36.